The van der Waals surface area contributed by atoms with Crippen molar-refractivity contribution in [1.29, 1.82) is 0 Å². The number of aliphatic carboxylic acids is 1. The predicted octanol–water partition coefficient (Wildman–Crippen LogP) is 0.331. The molecule has 3 N–H and O–H groups in total. The van der Waals surface area contributed by atoms with E-state index in [1.54, 1.807) is 0 Å². The number of methoxy groups -OCH3 is 2. The summed E-state index contributed by atoms with van der Waals surface area (Å²) in [4.78, 5) is 10.2. The van der Waals surface area contributed by atoms with Crippen LogP contribution >= 0.6 is 0 Å². The Morgan fingerprint density at radius 2 is 1.85 bits per heavy atom. The molecule has 20 heavy (non-hydrogen) atoms. The van der Waals surface area contributed by atoms with Crippen LogP contribution in [0.5, 0.6) is 11.5 Å². The van der Waals surface area contributed by atoms with Gasteiger partial charge in [0.15, 0.2) is 21.3 Å². The lowest BCUT2D eigenvalue weighted by atomic mass is 10.1. The van der Waals surface area contributed by atoms with E-state index < -0.39 is 38.3 Å². The summed E-state index contributed by atoms with van der Waals surface area (Å²) in [7, 11) is -1.66. The Morgan fingerprint density at radius 1 is 1.35 bits per heavy atom. The molecule has 0 heterocycles. The first kappa shape index (κ1) is 16.2. The summed E-state index contributed by atoms with van der Waals surface area (Å²) in [6, 6.07) is -0.863. The number of sulfone groups is 1. The van der Waals surface area contributed by atoms with Gasteiger partial charge in [-0.3, -0.25) is 4.79 Å². The van der Waals surface area contributed by atoms with E-state index in [-0.39, 0.29) is 11.3 Å². The van der Waals surface area contributed by atoms with Crippen molar-refractivity contribution in [2.45, 2.75) is 10.9 Å². The lowest BCUT2D eigenvalue weighted by molar-refractivity contribution is -0.138. The van der Waals surface area contributed by atoms with Crippen LogP contribution in [0, 0.1) is 5.82 Å². The molecule has 0 amide bonds. The SMILES string of the molecule is COc1c(C(N)C(=O)O)cc(F)c(S(C)(=O)=O)c1OC. The van der Waals surface area contributed by atoms with E-state index in [2.05, 4.69) is 0 Å². The zero-order chi connectivity index (χ0) is 15.7. The van der Waals surface area contributed by atoms with E-state index in [9.17, 15) is 17.6 Å². The Morgan fingerprint density at radius 3 is 2.20 bits per heavy atom. The van der Waals surface area contributed by atoms with Crippen molar-refractivity contribution in [3.8, 4) is 11.5 Å². The quantitative estimate of drug-likeness (QED) is 0.805. The molecule has 0 aliphatic carbocycles. The minimum absolute atomic E-state index is 0.221. The summed E-state index contributed by atoms with van der Waals surface area (Å²) < 4.78 is 46.9. The lowest BCUT2D eigenvalue weighted by Crippen LogP contribution is -2.22. The predicted molar refractivity (Wildman–Crippen MR) is 67.2 cm³/mol. The van der Waals surface area contributed by atoms with E-state index in [0.29, 0.717) is 0 Å². The zero-order valence-corrected chi connectivity index (χ0v) is 11.8. The van der Waals surface area contributed by atoms with Crippen molar-refractivity contribution in [3.05, 3.63) is 17.4 Å². The van der Waals surface area contributed by atoms with E-state index >= 15 is 0 Å². The van der Waals surface area contributed by atoms with E-state index in [1.165, 1.54) is 7.11 Å². The zero-order valence-electron chi connectivity index (χ0n) is 11.0. The van der Waals surface area contributed by atoms with Crippen LogP contribution in [0.15, 0.2) is 11.0 Å². The summed E-state index contributed by atoms with van der Waals surface area (Å²) in [6.07, 6.45) is 0.796. The van der Waals surface area contributed by atoms with Gasteiger partial charge in [0, 0.05) is 11.8 Å². The maximum Gasteiger partial charge on any atom is 0.325 e. The van der Waals surface area contributed by atoms with Crippen LogP contribution in [0.4, 0.5) is 4.39 Å². The van der Waals surface area contributed by atoms with Gasteiger partial charge in [-0.15, -0.1) is 0 Å². The second-order valence-corrected chi connectivity index (χ2v) is 5.88. The molecule has 1 unspecified atom stereocenters. The van der Waals surface area contributed by atoms with Gasteiger partial charge >= 0.3 is 5.97 Å². The number of benzene rings is 1. The third-order valence-corrected chi connectivity index (χ3v) is 3.68. The average Bonchev–Trinajstić information content (AvgIpc) is 2.34. The molecule has 7 nitrogen and oxygen atoms in total. The first-order chi connectivity index (χ1) is 9.15. The number of carboxylic acids is 1. The Labute approximate surface area is 115 Å². The Hall–Kier alpha value is -1.87. The molecule has 9 heteroatoms. The van der Waals surface area contributed by atoms with Crippen LogP contribution < -0.4 is 15.2 Å². The molecule has 0 aliphatic heterocycles. The normalized spacial score (nSPS) is 12.8. The van der Waals surface area contributed by atoms with Crippen LogP contribution in [-0.4, -0.2) is 40.0 Å². The molecule has 0 spiro atoms. The van der Waals surface area contributed by atoms with E-state index in [0.717, 1.165) is 19.4 Å². The first-order valence-electron chi connectivity index (χ1n) is 5.28. The van der Waals surface area contributed by atoms with Crippen LogP contribution in [0.25, 0.3) is 0 Å². The lowest BCUT2D eigenvalue weighted by Gasteiger charge is -2.18. The third-order valence-electron chi connectivity index (χ3n) is 2.55. The molecule has 0 aromatic heterocycles. The summed E-state index contributed by atoms with van der Waals surface area (Å²) in [5.74, 6) is -3.22. The van der Waals surface area contributed by atoms with Gasteiger partial charge < -0.3 is 20.3 Å². The molecular weight excluding hydrogens is 293 g/mol. The fourth-order valence-electron chi connectivity index (χ4n) is 1.72. The topological polar surface area (TPSA) is 116 Å². The number of carboxylic acid groups (broad SMARTS) is 1. The van der Waals surface area contributed by atoms with Crippen LogP contribution in [-0.2, 0) is 14.6 Å². The van der Waals surface area contributed by atoms with Gasteiger partial charge in [-0.2, -0.15) is 0 Å². The second-order valence-electron chi connectivity index (χ2n) is 3.93. The first-order valence-corrected chi connectivity index (χ1v) is 7.17. The minimum Gasteiger partial charge on any atom is -0.492 e. The molecule has 1 aromatic rings. The molecule has 0 aliphatic rings. The smallest absolute Gasteiger partial charge is 0.325 e. The molecular formula is C11H14FNO6S. The van der Waals surface area contributed by atoms with Gasteiger partial charge in [-0.1, -0.05) is 0 Å². The molecule has 0 bridgehead atoms. The fraction of sp³-hybridized carbons (Fsp3) is 0.364. The Kier molecular flexibility index (Phi) is 4.56. The summed E-state index contributed by atoms with van der Waals surface area (Å²) in [5, 5.41) is 8.88. The molecule has 1 atom stereocenters. The number of rotatable bonds is 5. The molecule has 0 saturated heterocycles. The molecule has 1 aromatic carbocycles. The van der Waals surface area contributed by atoms with Crippen molar-refractivity contribution < 1.29 is 32.2 Å². The highest BCUT2D eigenvalue weighted by atomic mass is 32.2. The standard InChI is InChI=1S/C11H14FNO6S/c1-18-8-5(7(13)11(14)15)4-6(12)10(9(8)19-2)20(3,16)17/h4,7H,13H2,1-3H3,(H,14,15). The van der Waals surface area contributed by atoms with E-state index in [1.807, 2.05) is 0 Å². The highest BCUT2D eigenvalue weighted by Crippen LogP contribution is 2.41. The number of nitrogens with two attached hydrogens (primary N) is 1. The fourth-order valence-corrected chi connectivity index (χ4v) is 2.64. The summed E-state index contributed by atoms with van der Waals surface area (Å²) in [5.41, 5.74) is 5.19. The summed E-state index contributed by atoms with van der Waals surface area (Å²) in [6.45, 7) is 0. The summed E-state index contributed by atoms with van der Waals surface area (Å²) >= 11 is 0. The average molecular weight is 307 g/mol. The molecule has 0 saturated carbocycles. The number of halogens is 1. The van der Waals surface area contributed by atoms with Gasteiger partial charge in [0.25, 0.3) is 0 Å². The van der Waals surface area contributed by atoms with Crippen molar-refractivity contribution in [2.75, 3.05) is 20.5 Å². The van der Waals surface area contributed by atoms with Crippen molar-refractivity contribution in [1.82, 2.24) is 0 Å². The Bertz CT molecular complexity index is 643. The van der Waals surface area contributed by atoms with Gasteiger partial charge in [-0.05, 0) is 6.07 Å². The highest BCUT2D eigenvalue weighted by Gasteiger charge is 2.30. The Balaban J connectivity index is 3.78. The van der Waals surface area contributed by atoms with Crippen molar-refractivity contribution >= 4 is 15.8 Å². The second kappa shape index (κ2) is 5.63. The maximum absolute atomic E-state index is 14.0. The molecule has 1 rings (SSSR count). The largest absolute Gasteiger partial charge is 0.492 e. The van der Waals surface area contributed by atoms with Crippen LogP contribution in [0.3, 0.4) is 0 Å². The monoisotopic (exact) mass is 307 g/mol. The van der Waals surface area contributed by atoms with Gasteiger partial charge in [0.05, 0.1) is 14.2 Å². The third kappa shape index (κ3) is 2.83. The highest BCUT2D eigenvalue weighted by molar-refractivity contribution is 7.90. The molecule has 0 radical (unpaired) electrons. The number of ether oxygens (including phenoxy) is 2. The molecule has 0 fully saturated rings. The molecule has 112 valence electrons. The van der Waals surface area contributed by atoms with Gasteiger partial charge in [0.2, 0.25) is 0 Å². The van der Waals surface area contributed by atoms with Crippen molar-refractivity contribution in [2.24, 2.45) is 5.73 Å². The van der Waals surface area contributed by atoms with Crippen LogP contribution in [0.1, 0.15) is 11.6 Å². The van der Waals surface area contributed by atoms with Gasteiger partial charge in [-0.25, -0.2) is 12.8 Å². The van der Waals surface area contributed by atoms with Gasteiger partial charge in [0.1, 0.15) is 16.8 Å². The number of hydrogen-bond donors (Lipinski definition) is 2. The van der Waals surface area contributed by atoms with E-state index in [4.69, 9.17) is 20.3 Å². The minimum atomic E-state index is -3.94. The maximum atomic E-state index is 14.0. The number of carbonyl (C=O) groups is 1. The van der Waals surface area contributed by atoms with Crippen LogP contribution in [0.2, 0.25) is 0 Å². The number of hydrogen-bond acceptors (Lipinski definition) is 6. The van der Waals surface area contributed by atoms with Crippen molar-refractivity contribution in [3.63, 3.8) is 0 Å².